The first kappa shape index (κ1) is 13.2. The van der Waals surface area contributed by atoms with Crippen LogP contribution in [0.25, 0.3) is 0 Å². The molecule has 1 aliphatic rings. The van der Waals surface area contributed by atoms with Crippen LogP contribution < -0.4 is 10.6 Å². The van der Waals surface area contributed by atoms with E-state index >= 15 is 0 Å². The van der Waals surface area contributed by atoms with E-state index in [1.54, 1.807) is 12.4 Å². The van der Waals surface area contributed by atoms with Gasteiger partial charge in [0.05, 0.1) is 11.0 Å². The highest BCUT2D eigenvalue weighted by molar-refractivity contribution is 9.10. The Hall–Kier alpha value is -1.21. The highest BCUT2D eigenvalue weighted by Gasteiger charge is 2.17. The second-order valence-electron chi connectivity index (χ2n) is 4.28. The van der Waals surface area contributed by atoms with Gasteiger partial charge >= 0.3 is 0 Å². The van der Waals surface area contributed by atoms with Crippen molar-refractivity contribution in [2.75, 3.05) is 37.6 Å². The summed E-state index contributed by atoms with van der Waals surface area (Å²) in [5.41, 5.74) is 5.21. The largest absolute Gasteiger partial charge is 0.369 e. The Bertz CT molecular complexity index is 410. The topological polar surface area (TPSA) is 75.4 Å². The van der Waals surface area contributed by atoms with Crippen molar-refractivity contribution >= 4 is 27.8 Å². The number of halogens is 1. The number of carbonyl (C=O) groups is 1. The van der Waals surface area contributed by atoms with Crippen LogP contribution in [0, 0.1) is 0 Å². The van der Waals surface area contributed by atoms with E-state index in [-0.39, 0.29) is 5.91 Å². The summed E-state index contributed by atoms with van der Waals surface area (Å²) in [5, 5.41) is 0. The maximum Gasteiger partial charge on any atom is 0.231 e. The van der Waals surface area contributed by atoms with Gasteiger partial charge in [-0.3, -0.25) is 9.69 Å². The number of amides is 1. The molecule has 0 aromatic carbocycles. The Morgan fingerprint density at radius 3 is 2.67 bits per heavy atom. The minimum atomic E-state index is -0.275. The number of hydrogen-bond donors (Lipinski definition) is 1. The van der Waals surface area contributed by atoms with Gasteiger partial charge < -0.3 is 10.6 Å². The lowest BCUT2D eigenvalue weighted by Crippen LogP contribution is -2.37. The summed E-state index contributed by atoms with van der Waals surface area (Å²) in [6, 6.07) is 0. The monoisotopic (exact) mass is 313 g/mol. The fraction of sp³-hybridized carbons (Fsp3) is 0.545. The number of carbonyl (C=O) groups excluding carboxylic acids is 1. The smallest absolute Gasteiger partial charge is 0.231 e. The van der Waals surface area contributed by atoms with E-state index in [2.05, 4.69) is 35.7 Å². The molecule has 2 heterocycles. The summed E-state index contributed by atoms with van der Waals surface area (Å²) in [7, 11) is 0. The van der Waals surface area contributed by atoms with E-state index in [1.807, 2.05) is 0 Å². The van der Waals surface area contributed by atoms with Gasteiger partial charge in [-0.05, 0) is 22.4 Å². The van der Waals surface area contributed by atoms with Gasteiger partial charge in [0.25, 0.3) is 0 Å². The lowest BCUT2D eigenvalue weighted by Gasteiger charge is -2.20. The minimum absolute atomic E-state index is 0.275. The quantitative estimate of drug-likeness (QED) is 0.865. The van der Waals surface area contributed by atoms with Crippen molar-refractivity contribution in [3.63, 3.8) is 0 Å². The van der Waals surface area contributed by atoms with E-state index in [0.717, 1.165) is 43.0 Å². The second-order valence-corrected chi connectivity index (χ2v) is 5.20. The number of nitrogens with zero attached hydrogens (tertiary/aromatic N) is 4. The third-order valence-electron chi connectivity index (χ3n) is 2.86. The zero-order chi connectivity index (χ0) is 13.0. The zero-order valence-electron chi connectivity index (χ0n) is 10.0. The standard InChI is InChI=1S/C11H16BrN5O/c12-9-6-14-11(15-7-9)17-3-1-2-16(4-5-17)8-10(13)18/h6-7H,1-5,8H2,(H2,13,18). The number of rotatable bonds is 3. The highest BCUT2D eigenvalue weighted by atomic mass is 79.9. The van der Waals surface area contributed by atoms with Crippen molar-refractivity contribution in [1.82, 2.24) is 14.9 Å². The Kier molecular flexibility index (Phi) is 4.48. The van der Waals surface area contributed by atoms with Gasteiger partial charge in [0.15, 0.2) is 0 Å². The maximum absolute atomic E-state index is 10.9. The zero-order valence-corrected chi connectivity index (χ0v) is 11.6. The molecule has 0 radical (unpaired) electrons. The Morgan fingerprint density at radius 2 is 2.00 bits per heavy atom. The van der Waals surface area contributed by atoms with Crippen LogP contribution in [-0.2, 0) is 4.79 Å². The molecule has 18 heavy (non-hydrogen) atoms. The molecule has 1 aromatic heterocycles. The maximum atomic E-state index is 10.9. The first-order chi connectivity index (χ1) is 8.65. The molecule has 6 nitrogen and oxygen atoms in total. The lowest BCUT2D eigenvalue weighted by molar-refractivity contribution is -0.119. The van der Waals surface area contributed by atoms with Crippen LogP contribution >= 0.6 is 15.9 Å². The summed E-state index contributed by atoms with van der Waals surface area (Å²) in [4.78, 5) is 23.7. The van der Waals surface area contributed by atoms with E-state index in [9.17, 15) is 4.79 Å². The summed E-state index contributed by atoms with van der Waals surface area (Å²) in [6.45, 7) is 3.74. The van der Waals surface area contributed by atoms with Gasteiger partial charge in [-0.1, -0.05) is 0 Å². The van der Waals surface area contributed by atoms with Crippen molar-refractivity contribution in [2.24, 2.45) is 5.73 Å². The molecule has 98 valence electrons. The summed E-state index contributed by atoms with van der Waals surface area (Å²) in [5.74, 6) is 0.461. The van der Waals surface area contributed by atoms with Crippen LogP contribution in [0.1, 0.15) is 6.42 Å². The molecule has 2 rings (SSSR count). The molecule has 7 heteroatoms. The molecule has 0 unspecified atom stereocenters. The first-order valence-corrected chi connectivity index (χ1v) is 6.67. The first-order valence-electron chi connectivity index (χ1n) is 5.88. The Morgan fingerprint density at radius 1 is 1.28 bits per heavy atom. The number of primary amides is 1. The SMILES string of the molecule is NC(=O)CN1CCCN(c2ncc(Br)cn2)CC1. The van der Waals surface area contributed by atoms with Gasteiger partial charge in [0.2, 0.25) is 11.9 Å². The fourth-order valence-electron chi connectivity index (χ4n) is 2.02. The molecule has 1 fully saturated rings. The average molecular weight is 314 g/mol. The number of nitrogens with two attached hydrogens (primary N) is 1. The average Bonchev–Trinajstić information content (AvgIpc) is 2.55. The highest BCUT2D eigenvalue weighted by Crippen LogP contribution is 2.13. The van der Waals surface area contributed by atoms with Gasteiger partial charge in [-0.25, -0.2) is 9.97 Å². The molecule has 1 amide bonds. The van der Waals surface area contributed by atoms with Crippen molar-refractivity contribution < 1.29 is 4.79 Å². The Balaban J connectivity index is 1.96. The third kappa shape index (κ3) is 3.64. The molecule has 0 saturated carbocycles. The van der Waals surface area contributed by atoms with Crippen molar-refractivity contribution in [2.45, 2.75) is 6.42 Å². The van der Waals surface area contributed by atoms with Crippen LogP contribution in [0.4, 0.5) is 5.95 Å². The molecule has 0 spiro atoms. The predicted octanol–water partition coefficient (Wildman–Crippen LogP) is 0.237. The van der Waals surface area contributed by atoms with Crippen LogP contribution in [0.5, 0.6) is 0 Å². The van der Waals surface area contributed by atoms with E-state index in [0.29, 0.717) is 6.54 Å². The predicted molar refractivity (Wildman–Crippen MR) is 72.2 cm³/mol. The molecular formula is C11H16BrN5O. The van der Waals surface area contributed by atoms with Crippen LogP contribution in [0.15, 0.2) is 16.9 Å². The van der Waals surface area contributed by atoms with Gasteiger partial charge in [-0.15, -0.1) is 0 Å². The molecule has 1 aliphatic heterocycles. The van der Waals surface area contributed by atoms with Crippen LogP contribution in [0.3, 0.4) is 0 Å². The van der Waals surface area contributed by atoms with Gasteiger partial charge in [0.1, 0.15) is 0 Å². The van der Waals surface area contributed by atoms with Crippen molar-refractivity contribution in [3.05, 3.63) is 16.9 Å². The number of anilines is 1. The van der Waals surface area contributed by atoms with E-state index in [1.165, 1.54) is 0 Å². The Labute approximate surface area is 114 Å². The van der Waals surface area contributed by atoms with Gasteiger partial charge in [0, 0.05) is 38.6 Å². The molecule has 0 bridgehead atoms. The molecule has 2 N–H and O–H groups in total. The fourth-order valence-corrected chi connectivity index (χ4v) is 2.22. The van der Waals surface area contributed by atoms with Crippen molar-refractivity contribution in [3.8, 4) is 0 Å². The van der Waals surface area contributed by atoms with Gasteiger partial charge in [-0.2, -0.15) is 0 Å². The number of aromatic nitrogens is 2. The molecule has 0 atom stereocenters. The van der Waals surface area contributed by atoms with Crippen molar-refractivity contribution in [1.29, 1.82) is 0 Å². The lowest BCUT2D eigenvalue weighted by atomic mass is 10.4. The van der Waals surface area contributed by atoms with E-state index < -0.39 is 0 Å². The molecule has 1 saturated heterocycles. The molecular weight excluding hydrogens is 298 g/mol. The molecule has 1 aromatic rings. The summed E-state index contributed by atoms with van der Waals surface area (Å²) < 4.78 is 0.872. The number of hydrogen-bond acceptors (Lipinski definition) is 5. The second kappa shape index (κ2) is 6.10. The van der Waals surface area contributed by atoms with Crippen LogP contribution in [-0.4, -0.2) is 53.5 Å². The van der Waals surface area contributed by atoms with Crippen LogP contribution in [0.2, 0.25) is 0 Å². The summed E-state index contributed by atoms with van der Waals surface area (Å²) >= 11 is 3.32. The van der Waals surface area contributed by atoms with E-state index in [4.69, 9.17) is 5.73 Å². The summed E-state index contributed by atoms with van der Waals surface area (Å²) in [6.07, 6.45) is 4.47. The minimum Gasteiger partial charge on any atom is -0.369 e. The third-order valence-corrected chi connectivity index (χ3v) is 3.27. The normalized spacial score (nSPS) is 17.5. The molecule has 0 aliphatic carbocycles.